The molecule has 0 aliphatic heterocycles. The highest BCUT2D eigenvalue weighted by Gasteiger charge is 2.34. The minimum Gasteiger partial charge on any atom is -0.466 e. The Kier molecular flexibility index (Phi) is 6.17. The minimum absolute atomic E-state index is 0.000224. The van der Waals surface area contributed by atoms with E-state index in [0.717, 1.165) is 6.07 Å². The zero-order valence-electron chi connectivity index (χ0n) is 11.2. The van der Waals surface area contributed by atoms with Crippen LogP contribution in [-0.4, -0.2) is 18.1 Å². The molecule has 0 radical (unpaired) electrons. The summed E-state index contributed by atoms with van der Waals surface area (Å²) < 4.78 is 68.3. The lowest BCUT2D eigenvalue weighted by molar-refractivity contribution is -0.142. The topological polar surface area (TPSA) is 50.1 Å². The zero-order valence-corrected chi connectivity index (χ0v) is 12.0. The Morgan fingerprint density at radius 3 is 2.50 bits per heavy atom. The van der Waals surface area contributed by atoms with Gasteiger partial charge in [-0.2, -0.15) is 18.4 Å². The Labute approximate surface area is 127 Å². The van der Waals surface area contributed by atoms with Crippen LogP contribution in [0.4, 0.5) is 22.0 Å². The number of carbonyl (C=O) groups is 1. The smallest absolute Gasteiger partial charge is 0.446 e. The van der Waals surface area contributed by atoms with E-state index < -0.39 is 46.5 Å². The van der Waals surface area contributed by atoms with Crippen LogP contribution in [0.15, 0.2) is 17.0 Å². The molecule has 3 nitrogen and oxygen atoms in total. The quantitative estimate of drug-likeness (QED) is 0.458. The second-order valence-electron chi connectivity index (χ2n) is 4.00. The van der Waals surface area contributed by atoms with Crippen LogP contribution in [0.2, 0.25) is 0 Å². The van der Waals surface area contributed by atoms with Crippen molar-refractivity contribution in [2.75, 3.05) is 6.61 Å². The molecule has 120 valence electrons. The average molecular weight is 339 g/mol. The van der Waals surface area contributed by atoms with Gasteiger partial charge in [0.05, 0.1) is 24.7 Å². The molecule has 0 unspecified atom stereocenters. The molecule has 0 aliphatic carbocycles. The van der Waals surface area contributed by atoms with E-state index in [-0.39, 0.29) is 17.7 Å². The van der Waals surface area contributed by atoms with E-state index in [1.54, 1.807) is 6.07 Å². The SMILES string of the molecule is CCOC(=O)Cc1cc(C#N)cc(C(F)F)c1SC(F)(F)F. The Morgan fingerprint density at radius 2 is 2.05 bits per heavy atom. The van der Waals surface area contributed by atoms with Gasteiger partial charge in [0.1, 0.15) is 0 Å². The molecule has 0 N–H and O–H groups in total. The van der Waals surface area contributed by atoms with Gasteiger partial charge >= 0.3 is 11.5 Å². The second-order valence-corrected chi connectivity index (χ2v) is 5.07. The molecule has 0 atom stereocenters. The number of nitrogens with zero attached hydrogens (tertiary/aromatic N) is 1. The van der Waals surface area contributed by atoms with Gasteiger partial charge in [0.25, 0.3) is 6.43 Å². The maximum absolute atomic E-state index is 13.0. The molecular formula is C13H10F5NO2S. The van der Waals surface area contributed by atoms with E-state index in [2.05, 4.69) is 4.74 Å². The first-order valence-electron chi connectivity index (χ1n) is 5.94. The number of carbonyl (C=O) groups excluding carboxylic acids is 1. The van der Waals surface area contributed by atoms with Gasteiger partial charge in [-0.05, 0) is 36.4 Å². The van der Waals surface area contributed by atoms with Crippen LogP contribution < -0.4 is 0 Å². The summed E-state index contributed by atoms with van der Waals surface area (Å²) in [7, 11) is 0. The molecule has 22 heavy (non-hydrogen) atoms. The molecule has 9 heteroatoms. The van der Waals surface area contributed by atoms with E-state index in [1.165, 1.54) is 6.92 Å². The largest absolute Gasteiger partial charge is 0.466 e. The first-order valence-corrected chi connectivity index (χ1v) is 6.76. The third-order valence-corrected chi connectivity index (χ3v) is 3.35. The molecule has 0 saturated carbocycles. The fraction of sp³-hybridized carbons (Fsp3) is 0.385. The summed E-state index contributed by atoms with van der Waals surface area (Å²) in [6, 6.07) is 3.25. The normalized spacial score (nSPS) is 11.4. The highest BCUT2D eigenvalue weighted by Crippen LogP contribution is 2.43. The standard InChI is InChI=1S/C13H10F5NO2S/c1-2-21-10(20)5-8-3-7(6-19)4-9(12(14)15)11(8)22-13(16,17)18/h3-4,12H,2,5H2,1H3. The number of halogens is 5. The number of rotatable bonds is 5. The number of alkyl halides is 5. The van der Waals surface area contributed by atoms with E-state index in [1.807, 2.05) is 0 Å². The molecule has 0 spiro atoms. The van der Waals surface area contributed by atoms with Crippen LogP contribution in [-0.2, 0) is 16.0 Å². The minimum atomic E-state index is -4.80. The van der Waals surface area contributed by atoms with Gasteiger partial charge in [0.2, 0.25) is 0 Å². The summed E-state index contributed by atoms with van der Waals surface area (Å²) in [5.41, 5.74) is -6.29. The maximum Gasteiger partial charge on any atom is 0.446 e. The number of benzene rings is 1. The number of hydrogen-bond donors (Lipinski definition) is 0. The molecule has 0 bridgehead atoms. The van der Waals surface area contributed by atoms with Crippen LogP contribution in [0.25, 0.3) is 0 Å². The second kappa shape index (κ2) is 7.45. The molecule has 0 fully saturated rings. The van der Waals surface area contributed by atoms with Gasteiger partial charge in [-0.15, -0.1) is 0 Å². The third kappa shape index (κ3) is 5.18. The van der Waals surface area contributed by atoms with Crippen molar-refractivity contribution in [2.24, 2.45) is 0 Å². The Morgan fingerprint density at radius 1 is 1.41 bits per heavy atom. The molecule has 0 saturated heterocycles. The number of esters is 1. The van der Waals surface area contributed by atoms with E-state index in [4.69, 9.17) is 5.26 Å². The Bertz CT molecular complexity index is 595. The van der Waals surface area contributed by atoms with E-state index in [9.17, 15) is 26.7 Å². The van der Waals surface area contributed by atoms with Gasteiger partial charge in [-0.25, -0.2) is 8.78 Å². The van der Waals surface area contributed by atoms with Gasteiger partial charge in [0.15, 0.2) is 0 Å². The van der Waals surface area contributed by atoms with Gasteiger partial charge in [-0.1, -0.05) is 0 Å². The van der Waals surface area contributed by atoms with Crippen molar-refractivity contribution in [3.8, 4) is 6.07 Å². The molecular weight excluding hydrogens is 329 g/mol. The fourth-order valence-corrected chi connectivity index (χ4v) is 2.44. The lowest BCUT2D eigenvalue weighted by atomic mass is 10.0. The van der Waals surface area contributed by atoms with Gasteiger partial charge in [-0.3, -0.25) is 4.79 Å². The summed E-state index contributed by atoms with van der Waals surface area (Å²) in [6.07, 6.45) is -3.83. The van der Waals surface area contributed by atoms with Gasteiger partial charge < -0.3 is 4.74 Å². The third-order valence-electron chi connectivity index (χ3n) is 2.42. The summed E-state index contributed by atoms with van der Waals surface area (Å²) >= 11 is -0.736. The Balaban J connectivity index is 3.39. The van der Waals surface area contributed by atoms with Crippen molar-refractivity contribution in [3.63, 3.8) is 0 Å². The summed E-state index contributed by atoms with van der Waals surface area (Å²) in [5.74, 6) is -0.859. The molecule has 0 heterocycles. The number of thioether (sulfide) groups is 1. The predicted molar refractivity (Wildman–Crippen MR) is 68.4 cm³/mol. The highest BCUT2D eigenvalue weighted by molar-refractivity contribution is 8.00. The van der Waals surface area contributed by atoms with E-state index in [0.29, 0.717) is 6.07 Å². The molecule has 1 aromatic carbocycles. The van der Waals surface area contributed by atoms with E-state index >= 15 is 0 Å². The lowest BCUT2D eigenvalue weighted by Crippen LogP contribution is -2.11. The van der Waals surface area contributed by atoms with Crippen LogP contribution >= 0.6 is 11.8 Å². The summed E-state index contributed by atoms with van der Waals surface area (Å²) in [5, 5.41) is 8.79. The predicted octanol–water partition coefficient (Wildman–Crippen LogP) is 4.21. The van der Waals surface area contributed by atoms with Crippen LogP contribution in [0.5, 0.6) is 0 Å². The first-order chi connectivity index (χ1) is 10.2. The average Bonchev–Trinajstić information content (AvgIpc) is 2.38. The highest BCUT2D eigenvalue weighted by atomic mass is 32.2. The zero-order chi connectivity index (χ0) is 16.9. The first kappa shape index (κ1) is 18.2. The summed E-state index contributed by atoms with van der Waals surface area (Å²) in [4.78, 5) is 10.7. The van der Waals surface area contributed by atoms with Crippen molar-refractivity contribution >= 4 is 17.7 Å². The molecule has 1 rings (SSSR count). The van der Waals surface area contributed by atoms with Crippen molar-refractivity contribution in [2.45, 2.75) is 30.2 Å². The van der Waals surface area contributed by atoms with Crippen LogP contribution in [0, 0.1) is 11.3 Å². The fourth-order valence-electron chi connectivity index (χ4n) is 1.68. The van der Waals surface area contributed by atoms with Crippen molar-refractivity contribution in [1.82, 2.24) is 0 Å². The van der Waals surface area contributed by atoms with Gasteiger partial charge in [0, 0.05) is 10.5 Å². The summed E-state index contributed by atoms with van der Waals surface area (Å²) in [6.45, 7) is 1.50. The molecule has 0 aliphatic rings. The van der Waals surface area contributed by atoms with Crippen molar-refractivity contribution < 1.29 is 31.5 Å². The van der Waals surface area contributed by atoms with Crippen LogP contribution in [0.3, 0.4) is 0 Å². The Hall–Kier alpha value is -1.82. The number of ether oxygens (including phenoxy) is 1. The number of hydrogen-bond acceptors (Lipinski definition) is 4. The lowest BCUT2D eigenvalue weighted by Gasteiger charge is -2.16. The monoisotopic (exact) mass is 339 g/mol. The molecule has 1 aromatic rings. The maximum atomic E-state index is 13.0. The van der Waals surface area contributed by atoms with Crippen LogP contribution in [0.1, 0.15) is 30.0 Å². The number of nitriles is 1. The molecule has 0 amide bonds. The molecule has 0 aromatic heterocycles. The van der Waals surface area contributed by atoms with Crippen molar-refractivity contribution in [3.05, 3.63) is 28.8 Å². The van der Waals surface area contributed by atoms with Crippen molar-refractivity contribution in [1.29, 1.82) is 5.26 Å².